The molecule has 1 amide bonds. The minimum atomic E-state index is -0.563. The molecule has 2 aromatic carbocycles. The van der Waals surface area contributed by atoms with E-state index in [9.17, 15) is 10.1 Å². The molecule has 122 valence electrons. The molecule has 0 aliphatic rings. The number of carbonyl (C=O) groups is 1. The first-order valence-electron chi connectivity index (χ1n) is 7.31. The van der Waals surface area contributed by atoms with Crippen LogP contribution in [0.3, 0.4) is 0 Å². The summed E-state index contributed by atoms with van der Waals surface area (Å²) in [5.74, 6) is 0.320. The number of carbonyl (C=O) groups excluding carboxylic acids is 1. The quantitative estimate of drug-likeness (QED) is 0.654. The highest BCUT2D eigenvalue weighted by Crippen LogP contribution is 2.29. The summed E-state index contributed by atoms with van der Waals surface area (Å²) in [5, 5.41) is 9.41. The Morgan fingerprint density at radius 2 is 1.92 bits per heavy atom. The number of allylic oxidation sites excluding steroid dienone is 1. The van der Waals surface area contributed by atoms with Gasteiger partial charge in [0.1, 0.15) is 0 Å². The average Bonchev–Trinajstić information content (AvgIpc) is 2.59. The lowest BCUT2D eigenvalue weighted by Gasteiger charge is -2.10. The van der Waals surface area contributed by atoms with Crippen molar-refractivity contribution in [3.63, 3.8) is 0 Å². The number of hydrogen-bond donors (Lipinski definition) is 1. The number of ether oxygens (including phenoxy) is 2. The number of nitrogens with two attached hydrogens (primary N) is 1. The number of aryl methyl sites for hydroxylation is 1. The number of methoxy groups -OCH3 is 1. The van der Waals surface area contributed by atoms with Gasteiger partial charge in [-0.3, -0.25) is 4.79 Å². The molecule has 0 spiro atoms. The summed E-state index contributed by atoms with van der Waals surface area (Å²) in [5.41, 5.74) is 8.38. The Morgan fingerprint density at radius 1 is 1.21 bits per heavy atom. The van der Waals surface area contributed by atoms with E-state index < -0.39 is 5.91 Å². The molecule has 5 nitrogen and oxygen atoms in total. The van der Waals surface area contributed by atoms with Gasteiger partial charge in [-0.15, -0.1) is 0 Å². The Morgan fingerprint density at radius 3 is 2.50 bits per heavy atom. The van der Waals surface area contributed by atoms with Crippen molar-refractivity contribution in [2.75, 3.05) is 13.7 Å². The number of nitrogens with zero attached hydrogens (tertiary/aromatic N) is 1. The second-order valence-corrected chi connectivity index (χ2v) is 5.20. The highest BCUT2D eigenvalue weighted by Gasteiger charge is 2.08. The number of nitriles is 1. The Kier molecular flexibility index (Phi) is 5.58. The standard InChI is InChI=1S/C19H18N2O3/c1-13-3-6-15(7-4-13)16(11-20)9-14-5-8-17(18(10-14)23-2)24-12-19(21)22/h3-10H,12H2,1-2H3,(H2,21,22)/b16-9-. The summed E-state index contributed by atoms with van der Waals surface area (Å²) in [7, 11) is 1.51. The van der Waals surface area contributed by atoms with Gasteiger partial charge >= 0.3 is 0 Å². The van der Waals surface area contributed by atoms with Crippen LogP contribution in [0.4, 0.5) is 0 Å². The van der Waals surface area contributed by atoms with Gasteiger partial charge in [-0.1, -0.05) is 35.9 Å². The maximum atomic E-state index is 10.8. The molecule has 2 aromatic rings. The van der Waals surface area contributed by atoms with E-state index in [0.29, 0.717) is 17.1 Å². The Labute approximate surface area is 140 Å². The Balaban J connectivity index is 2.32. The highest BCUT2D eigenvalue weighted by atomic mass is 16.5. The van der Waals surface area contributed by atoms with E-state index in [1.807, 2.05) is 31.2 Å². The van der Waals surface area contributed by atoms with Crippen molar-refractivity contribution in [3.8, 4) is 17.6 Å². The van der Waals surface area contributed by atoms with Crippen LogP contribution < -0.4 is 15.2 Å². The molecule has 0 unspecified atom stereocenters. The van der Waals surface area contributed by atoms with E-state index >= 15 is 0 Å². The van der Waals surface area contributed by atoms with Crippen molar-refractivity contribution in [2.24, 2.45) is 5.73 Å². The normalized spacial score (nSPS) is 10.8. The molecule has 0 aliphatic carbocycles. The molecule has 0 radical (unpaired) electrons. The first kappa shape index (κ1) is 17.1. The molecule has 0 saturated carbocycles. The number of amides is 1. The largest absolute Gasteiger partial charge is 0.493 e. The van der Waals surface area contributed by atoms with Crippen molar-refractivity contribution >= 4 is 17.6 Å². The van der Waals surface area contributed by atoms with Gasteiger partial charge in [-0.05, 0) is 36.3 Å². The van der Waals surface area contributed by atoms with Crippen LogP contribution in [0.15, 0.2) is 42.5 Å². The Bertz CT molecular complexity index is 802. The van der Waals surface area contributed by atoms with E-state index in [0.717, 1.165) is 16.7 Å². The molecule has 2 rings (SSSR count). The number of benzene rings is 2. The van der Waals surface area contributed by atoms with Gasteiger partial charge in [0.25, 0.3) is 5.91 Å². The molecular weight excluding hydrogens is 304 g/mol. The fourth-order valence-corrected chi connectivity index (χ4v) is 2.12. The smallest absolute Gasteiger partial charge is 0.255 e. The summed E-state index contributed by atoms with van der Waals surface area (Å²) in [6.45, 7) is 1.77. The minimum Gasteiger partial charge on any atom is -0.493 e. The zero-order valence-electron chi connectivity index (χ0n) is 13.6. The predicted molar refractivity (Wildman–Crippen MR) is 92.3 cm³/mol. The van der Waals surface area contributed by atoms with Crippen LogP contribution in [-0.4, -0.2) is 19.6 Å². The fourth-order valence-electron chi connectivity index (χ4n) is 2.12. The number of hydrogen-bond acceptors (Lipinski definition) is 4. The van der Waals surface area contributed by atoms with Crippen LogP contribution in [-0.2, 0) is 4.79 Å². The van der Waals surface area contributed by atoms with Crippen LogP contribution in [0.25, 0.3) is 11.6 Å². The first-order valence-corrected chi connectivity index (χ1v) is 7.31. The average molecular weight is 322 g/mol. The van der Waals surface area contributed by atoms with Crippen molar-refractivity contribution in [1.29, 1.82) is 5.26 Å². The van der Waals surface area contributed by atoms with Gasteiger partial charge in [0, 0.05) is 0 Å². The lowest BCUT2D eigenvalue weighted by molar-refractivity contribution is -0.119. The molecule has 0 saturated heterocycles. The molecule has 5 heteroatoms. The minimum absolute atomic E-state index is 0.224. The van der Waals surface area contributed by atoms with E-state index in [1.54, 1.807) is 24.3 Å². The molecule has 0 aromatic heterocycles. The van der Waals surface area contributed by atoms with Crippen LogP contribution in [0, 0.1) is 18.3 Å². The van der Waals surface area contributed by atoms with Crippen LogP contribution in [0.5, 0.6) is 11.5 Å². The predicted octanol–water partition coefficient (Wildman–Crippen LogP) is 2.93. The maximum Gasteiger partial charge on any atom is 0.255 e. The highest BCUT2D eigenvalue weighted by molar-refractivity contribution is 5.89. The molecule has 0 aliphatic heterocycles. The topological polar surface area (TPSA) is 85.3 Å². The fraction of sp³-hybridized carbons (Fsp3) is 0.158. The van der Waals surface area contributed by atoms with Crippen molar-refractivity contribution in [1.82, 2.24) is 0 Å². The van der Waals surface area contributed by atoms with Crippen LogP contribution >= 0.6 is 0 Å². The van der Waals surface area contributed by atoms with Crippen molar-refractivity contribution in [2.45, 2.75) is 6.92 Å². The summed E-state index contributed by atoms with van der Waals surface area (Å²) in [6.07, 6.45) is 1.77. The summed E-state index contributed by atoms with van der Waals surface area (Å²) >= 11 is 0. The van der Waals surface area contributed by atoms with Crippen molar-refractivity contribution < 1.29 is 14.3 Å². The van der Waals surface area contributed by atoms with Crippen LogP contribution in [0.1, 0.15) is 16.7 Å². The van der Waals surface area contributed by atoms with E-state index in [1.165, 1.54) is 7.11 Å². The third-order valence-corrected chi connectivity index (χ3v) is 3.35. The summed E-state index contributed by atoms with van der Waals surface area (Å²) < 4.78 is 10.6. The molecule has 0 bridgehead atoms. The van der Waals surface area contributed by atoms with Gasteiger partial charge in [0.05, 0.1) is 18.8 Å². The van der Waals surface area contributed by atoms with Gasteiger partial charge in [-0.2, -0.15) is 5.26 Å². The van der Waals surface area contributed by atoms with Gasteiger partial charge < -0.3 is 15.2 Å². The third kappa shape index (κ3) is 4.37. The zero-order valence-corrected chi connectivity index (χ0v) is 13.6. The lowest BCUT2D eigenvalue weighted by atomic mass is 10.0. The first-order chi connectivity index (χ1) is 11.5. The lowest BCUT2D eigenvalue weighted by Crippen LogP contribution is -2.20. The monoisotopic (exact) mass is 322 g/mol. The molecule has 0 fully saturated rings. The van der Waals surface area contributed by atoms with E-state index in [-0.39, 0.29) is 6.61 Å². The molecule has 24 heavy (non-hydrogen) atoms. The van der Waals surface area contributed by atoms with E-state index in [2.05, 4.69) is 6.07 Å². The molecule has 2 N–H and O–H groups in total. The number of rotatable bonds is 6. The maximum absolute atomic E-state index is 10.8. The third-order valence-electron chi connectivity index (χ3n) is 3.35. The second-order valence-electron chi connectivity index (χ2n) is 5.20. The molecule has 0 atom stereocenters. The van der Waals surface area contributed by atoms with Gasteiger partial charge in [-0.25, -0.2) is 0 Å². The van der Waals surface area contributed by atoms with Gasteiger partial charge in [0.2, 0.25) is 0 Å². The summed E-state index contributed by atoms with van der Waals surface area (Å²) in [4.78, 5) is 10.8. The van der Waals surface area contributed by atoms with Gasteiger partial charge in [0.15, 0.2) is 18.1 Å². The van der Waals surface area contributed by atoms with Crippen molar-refractivity contribution in [3.05, 3.63) is 59.2 Å². The van der Waals surface area contributed by atoms with Crippen LogP contribution in [0.2, 0.25) is 0 Å². The summed E-state index contributed by atoms with van der Waals surface area (Å²) in [6, 6.07) is 15.1. The number of primary amides is 1. The second kappa shape index (κ2) is 7.84. The molecular formula is C19H18N2O3. The molecule has 0 heterocycles. The SMILES string of the molecule is COc1cc(/C=C(/C#N)c2ccc(C)cc2)ccc1OCC(N)=O. The van der Waals surface area contributed by atoms with E-state index in [4.69, 9.17) is 15.2 Å². The zero-order chi connectivity index (χ0) is 17.5. The Hall–Kier alpha value is -3.26.